The maximum absolute atomic E-state index is 12.6. The molecule has 5 nitrogen and oxygen atoms in total. The first kappa shape index (κ1) is 18.5. The lowest BCUT2D eigenvalue weighted by Gasteiger charge is -2.25. The maximum Gasteiger partial charge on any atom is 0.227 e. The summed E-state index contributed by atoms with van der Waals surface area (Å²) in [7, 11) is 1.65. The Morgan fingerprint density at radius 2 is 1.93 bits per heavy atom. The van der Waals surface area contributed by atoms with E-state index in [1.165, 1.54) is 0 Å². The first-order valence-electron chi connectivity index (χ1n) is 9.96. The Balaban J connectivity index is 1.35. The summed E-state index contributed by atoms with van der Waals surface area (Å²) in [5.74, 6) is 1.19. The Morgan fingerprint density at radius 1 is 1.18 bits per heavy atom. The van der Waals surface area contributed by atoms with Gasteiger partial charge < -0.3 is 15.4 Å². The number of amides is 2. The van der Waals surface area contributed by atoms with Crippen LogP contribution in [0.2, 0.25) is 0 Å². The van der Waals surface area contributed by atoms with Crippen molar-refractivity contribution in [3.05, 3.63) is 59.7 Å². The average Bonchev–Trinajstić information content (AvgIpc) is 3.56. The number of ether oxygens (including phenoxy) is 1. The summed E-state index contributed by atoms with van der Waals surface area (Å²) < 4.78 is 5.22. The molecule has 2 amide bonds. The van der Waals surface area contributed by atoms with Gasteiger partial charge in [0.1, 0.15) is 5.75 Å². The van der Waals surface area contributed by atoms with Crippen LogP contribution in [0.15, 0.2) is 48.5 Å². The minimum Gasteiger partial charge on any atom is -0.497 e. The van der Waals surface area contributed by atoms with Gasteiger partial charge in [0.15, 0.2) is 0 Å². The number of carbonyl (C=O) groups excluding carboxylic acids is 2. The van der Waals surface area contributed by atoms with Gasteiger partial charge in [-0.25, -0.2) is 0 Å². The minimum absolute atomic E-state index is 0.0133. The van der Waals surface area contributed by atoms with Crippen LogP contribution in [0.3, 0.4) is 0 Å². The fourth-order valence-corrected chi connectivity index (χ4v) is 3.91. The Hall–Kier alpha value is -2.82. The van der Waals surface area contributed by atoms with E-state index in [1.807, 2.05) is 48.5 Å². The molecule has 1 aliphatic heterocycles. The molecule has 1 aliphatic carbocycles. The molecule has 5 heteroatoms. The second-order valence-electron chi connectivity index (χ2n) is 7.74. The van der Waals surface area contributed by atoms with Crippen LogP contribution in [0, 0.1) is 11.8 Å². The zero-order valence-electron chi connectivity index (χ0n) is 16.1. The number of fused-ring (bicyclic) bond motifs is 1. The van der Waals surface area contributed by atoms with Gasteiger partial charge in [-0.2, -0.15) is 0 Å². The van der Waals surface area contributed by atoms with Crippen molar-refractivity contribution >= 4 is 17.5 Å². The molecule has 0 spiro atoms. The van der Waals surface area contributed by atoms with E-state index in [2.05, 4.69) is 10.6 Å². The molecule has 2 aromatic rings. The lowest BCUT2D eigenvalue weighted by atomic mass is 9.89. The summed E-state index contributed by atoms with van der Waals surface area (Å²) in [6, 6.07) is 15.8. The van der Waals surface area contributed by atoms with Gasteiger partial charge in [-0.05, 0) is 60.9 Å². The number of benzene rings is 2. The smallest absolute Gasteiger partial charge is 0.227 e. The molecule has 2 unspecified atom stereocenters. The topological polar surface area (TPSA) is 67.4 Å². The van der Waals surface area contributed by atoms with Gasteiger partial charge in [-0.1, -0.05) is 30.3 Å². The summed E-state index contributed by atoms with van der Waals surface area (Å²) in [4.78, 5) is 24.9. The third kappa shape index (κ3) is 4.19. The number of hydrogen-bond acceptors (Lipinski definition) is 3. The van der Waals surface area contributed by atoms with Gasteiger partial charge in [-0.15, -0.1) is 0 Å². The van der Waals surface area contributed by atoms with Crippen LogP contribution in [0.25, 0.3) is 0 Å². The highest BCUT2D eigenvalue weighted by Crippen LogP contribution is 2.41. The van der Waals surface area contributed by atoms with E-state index in [0.29, 0.717) is 25.2 Å². The van der Waals surface area contributed by atoms with Gasteiger partial charge in [-0.3, -0.25) is 9.59 Å². The van der Waals surface area contributed by atoms with Crippen LogP contribution < -0.4 is 15.4 Å². The zero-order valence-corrected chi connectivity index (χ0v) is 16.1. The SMILES string of the molecule is COc1ccc(C(NC(=O)CCC2Cc3ccccc3NC2=O)C2CC2)cc1. The number of nitrogens with one attached hydrogen (secondary N) is 2. The number of carbonyl (C=O) groups is 2. The van der Waals surface area contributed by atoms with Crippen LogP contribution in [0.1, 0.15) is 42.9 Å². The van der Waals surface area contributed by atoms with Crippen molar-refractivity contribution in [1.29, 1.82) is 0 Å². The highest BCUT2D eigenvalue weighted by atomic mass is 16.5. The predicted molar refractivity (Wildman–Crippen MR) is 108 cm³/mol. The normalized spacial score (nSPS) is 19.3. The Kier molecular flexibility index (Phi) is 5.33. The molecule has 2 aliphatic rings. The summed E-state index contributed by atoms with van der Waals surface area (Å²) in [5, 5.41) is 6.15. The number of para-hydroxylation sites is 1. The Morgan fingerprint density at radius 3 is 2.64 bits per heavy atom. The molecule has 0 bridgehead atoms. The highest BCUT2D eigenvalue weighted by molar-refractivity contribution is 5.96. The van der Waals surface area contributed by atoms with E-state index in [9.17, 15) is 9.59 Å². The molecule has 2 atom stereocenters. The number of rotatable bonds is 7. The molecule has 146 valence electrons. The van der Waals surface area contributed by atoms with Crippen molar-refractivity contribution < 1.29 is 14.3 Å². The number of anilines is 1. The molecule has 28 heavy (non-hydrogen) atoms. The van der Waals surface area contributed by atoms with Crippen molar-refractivity contribution in [3.63, 3.8) is 0 Å². The molecule has 0 radical (unpaired) electrons. The molecule has 1 saturated carbocycles. The van der Waals surface area contributed by atoms with Gasteiger partial charge in [0.2, 0.25) is 11.8 Å². The van der Waals surface area contributed by atoms with Crippen LogP contribution in [0.5, 0.6) is 5.75 Å². The molecule has 2 aromatic carbocycles. The highest BCUT2D eigenvalue weighted by Gasteiger charge is 2.34. The molecule has 1 heterocycles. The molecular formula is C23H26N2O3. The van der Waals surface area contributed by atoms with Crippen molar-refractivity contribution in [3.8, 4) is 5.75 Å². The number of methoxy groups -OCH3 is 1. The van der Waals surface area contributed by atoms with Gasteiger partial charge in [0.05, 0.1) is 13.2 Å². The first-order chi connectivity index (χ1) is 13.6. The van der Waals surface area contributed by atoms with Crippen molar-refractivity contribution in [2.24, 2.45) is 11.8 Å². The number of hydrogen-bond donors (Lipinski definition) is 2. The third-order valence-corrected chi connectivity index (χ3v) is 5.72. The minimum atomic E-state index is -0.152. The van der Waals surface area contributed by atoms with E-state index in [4.69, 9.17) is 4.74 Å². The van der Waals surface area contributed by atoms with E-state index in [1.54, 1.807) is 7.11 Å². The quantitative estimate of drug-likeness (QED) is 0.769. The molecule has 4 rings (SSSR count). The fraction of sp³-hybridized carbons (Fsp3) is 0.391. The van der Waals surface area contributed by atoms with Crippen molar-refractivity contribution in [2.75, 3.05) is 12.4 Å². The molecule has 2 N–H and O–H groups in total. The molecule has 0 aromatic heterocycles. The molecular weight excluding hydrogens is 352 g/mol. The maximum atomic E-state index is 12.6. The summed E-state index contributed by atoms with van der Waals surface area (Å²) >= 11 is 0. The largest absolute Gasteiger partial charge is 0.497 e. The third-order valence-electron chi connectivity index (χ3n) is 5.72. The zero-order chi connectivity index (χ0) is 19.5. The van der Waals surface area contributed by atoms with Gasteiger partial charge in [0.25, 0.3) is 0 Å². The van der Waals surface area contributed by atoms with E-state index >= 15 is 0 Å². The van der Waals surface area contributed by atoms with Crippen molar-refractivity contribution in [1.82, 2.24) is 5.32 Å². The van der Waals surface area contributed by atoms with Crippen LogP contribution >= 0.6 is 0 Å². The fourth-order valence-electron chi connectivity index (χ4n) is 3.91. The average molecular weight is 378 g/mol. The Labute approximate surface area is 165 Å². The summed E-state index contributed by atoms with van der Waals surface area (Å²) in [5.41, 5.74) is 3.14. The lowest BCUT2D eigenvalue weighted by Crippen LogP contribution is -2.33. The molecule has 1 fully saturated rings. The van der Waals surface area contributed by atoms with E-state index in [-0.39, 0.29) is 23.8 Å². The van der Waals surface area contributed by atoms with Gasteiger partial charge in [0, 0.05) is 18.0 Å². The monoisotopic (exact) mass is 378 g/mol. The first-order valence-corrected chi connectivity index (χ1v) is 9.96. The van der Waals surface area contributed by atoms with Crippen LogP contribution in [-0.2, 0) is 16.0 Å². The lowest BCUT2D eigenvalue weighted by molar-refractivity contribution is -0.123. The van der Waals surface area contributed by atoms with E-state index < -0.39 is 0 Å². The Bertz CT molecular complexity index is 858. The van der Waals surface area contributed by atoms with Crippen LogP contribution in [-0.4, -0.2) is 18.9 Å². The predicted octanol–water partition coefficient (Wildman–Crippen LogP) is 3.85. The van der Waals surface area contributed by atoms with E-state index in [0.717, 1.165) is 35.4 Å². The van der Waals surface area contributed by atoms with Gasteiger partial charge >= 0.3 is 0 Å². The second kappa shape index (κ2) is 8.05. The standard InChI is InChI=1S/C23H26N2O3/c1-28-19-11-8-16(9-12-19)22(15-6-7-15)25-21(26)13-10-18-14-17-4-2-3-5-20(17)24-23(18)27/h2-5,8-9,11-12,15,18,22H,6-7,10,13-14H2,1H3,(H,24,27)(H,25,26). The summed E-state index contributed by atoms with van der Waals surface area (Å²) in [6.45, 7) is 0. The second-order valence-corrected chi connectivity index (χ2v) is 7.74. The summed E-state index contributed by atoms with van der Waals surface area (Å²) in [6.07, 6.45) is 3.89. The molecule has 0 saturated heterocycles. The van der Waals surface area contributed by atoms with Crippen molar-refractivity contribution in [2.45, 2.75) is 38.1 Å². The van der Waals surface area contributed by atoms with Crippen LogP contribution in [0.4, 0.5) is 5.69 Å².